The fourth-order valence-corrected chi connectivity index (χ4v) is 6.18. The standard InChI is InChI=1S/C19H20Cl3NOS.C4H4O4/c1-23-11-5-6-15(23)13(12(9-11)17-7-8-18(21)25-17)10-24-16-4-2-3-14(20)19(16)22;5-3(6)1-2-4(7)8/h2-4,7-8,11-13,15H,5-6,9-10H2,1H3;1-2H,(H,5,6)(H,7,8)/b;2-1+/t11?,12-,13+,15?;/m0./s1. The van der Waals surface area contributed by atoms with Crippen molar-refractivity contribution in [1.82, 2.24) is 4.90 Å². The van der Waals surface area contributed by atoms with E-state index in [1.165, 1.54) is 24.1 Å². The van der Waals surface area contributed by atoms with Crippen LogP contribution in [-0.2, 0) is 9.59 Å². The van der Waals surface area contributed by atoms with Crippen LogP contribution in [0.1, 0.15) is 30.1 Å². The predicted octanol–water partition coefficient (Wildman–Crippen LogP) is 6.07. The molecule has 2 unspecified atom stereocenters. The highest BCUT2D eigenvalue weighted by Gasteiger charge is 2.46. The van der Waals surface area contributed by atoms with Crippen LogP contribution in [0.3, 0.4) is 0 Å². The van der Waals surface area contributed by atoms with Gasteiger partial charge in [0.05, 0.1) is 16.0 Å². The second kappa shape index (κ2) is 11.6. The van der Waals surface area contributed by atoms with E-state index in [9.17, 15) is 9.59 Å². The van der Waals surface area contributed by atoms with Crippen molar-refractivity contribution in [2.45, 2.75) is 37.3 Å². The highest BCUT2D eigenvalue weighted by molar-refractivity contribution is 7.16. The van der Waals surface area contributed by atoms with Gasteiger partial charge in [-0.15, -0.1) is 11.3 Å². The summed E-state index contributed by atoms with van der Waals surface area (Å²) in [7, 11) is 2.25. The van der Waals surface area contributed by atoms with Crippen LogP contribution in [0.25, 0.3) is 0 Å². The molecule has 2 bridgehead atoms. The van der Waals surface area contributed by atoms with Crippen molar-refractivity contribution >= 4 is 58.1 Å². The molecule has 2 aliphatic heterocycles. The van der Waals surface area contributed by atoms with Crippen molar-refractivity contribution in [3.63, 3.8) is 0 Å². The van der Waals surface area contributed by atoms with Gasteiger partial charge in [-0.05, 0) is 50.6 Å². The lowest BCUT2D eigenvalue weighted by atomic mass is 9.80. The van der Waals surface area contributed by atoms with Crippen LogP contribution in [0.4, 0.5) is 0 Å². The minimum Gasteiger partial charge on any atom is -0.492 e. The second-order valence-corrected chi connectivity index (χ2v) is 10.5. The molecule has 0 aliphatic carbocycles. The molecule has 33 heavy (non-hydrogen) atoms. The van der Waals surface area contributed by atoms with E-state index in [4.69, 9.17) is 49.8 Å². The van der Waals surface area contributed by atoms with E-state index in [2.05, 4.69) is 18.0 Å². The van der Waals surface area contributed by atoms with Crippen molar-refractivity contribution < 1.29 is 24.5 Å². The van der Waals surface area contributed by atoms with Gasteiger partial charge in [-0.25, -0.2) is 9.59 Å². The van der Waals surface area contributed by atoms with Gasteiger partial charge in [0.15, 0.2) is 0 Å². The highest BCUT2D eigenvalue weighted by atomic mass is 35.5. The monoisotopic (exact) mass is 531 g/mol. The molecule has 4 rings (SSSR count). The van der Waals surface area contributed by atoms with Crippen LogP contribution >= 0.6 is 46.1 Å². The minimum absolute atomic E-state index is 0.425. The fourth-order valence-electron chi connectivity index (χ4n) is 4.58. The van der Waals surface area contributed by atoms with Crippen molar-refractivity contribution in [3.8, 4) is 5.75 Å². The second-order valence-electron chi connectivity index (χ2n) is 7.98. The lowest BCUT2D eigenvalue weighted by Gasteiger charge is -2.42. The molecule has 178 valence electrons. The lowest BCUT2D eigenvalue weighted by molar-refractivity contribution is -0.134. The third-order valence-corrected chi connectivity index (χ3v) is 8.27. The third-order valence-electron chi connectivity index (χ3n) is 6.11. The van der Waals surface area contributed by atoms with Gasteiger partial charge in [-0.1, -0.05) is 40.9 Å². The van der Waals surface area contributed by atoms with E-state index in [-0.39, 0.29) is 0 Å². The van der Waals surface area contributed by atoms with Crippen LogP contribution in [0.5, 0.6) is 5.75 Å². The maximum Gasteiger partial charge on any atom is 0.328 e. The number of carboxylic acids is 2. The number of hydrogen-bond acceptors (Lipinski definition) is 5. The summed E-state index contributed by atoms with van der Waals surface area (Å²) in [5.41, 5.74) is 0. The van der Waals surface area contributed by atoms with Gasteiger partial charge in [0.25, 0.3) is 0 Å². The van der Waals surface area contributed by atoms with Gasteiger partial charge in [0.1, 0.15) is 10.8 Å². The number of thiophene rings is 1. The topological polar surface area (TPSA) is 87.1 Å². The van der Waals surface area contributed by atoms with E-state index in [1.54, 1.807) is 17.4 Å². The maximum atomic E-state index is 9.55. The fraction of sp³-hybridized carbons (Fsp3) is 0.391. The SMILES string of the molecule is CN1C2CCC1[C@H](COc1cccc(Cl)c1Cl)[C@@H](c1ccc(Cl)s1)C2.O=C(O)/C=C/C(=O)O. The molecule has 1 aromatic heterocycles. The normalized spacial score (nSPS) is 24.4. The third kappa shape index (κ3) is 6.64. The average molecular weight is 533 g/mol. The van der Waals surface area contributed by atoms with Crippen molar-refractivity contribution in [2.75, 3.05) is 13.7 Å². The van der Waals surface area contributed by atoms with Gasteiger partial charge >= 0.3 is 11.9 Å². The van der Waals surface area contributed by atoms with Gasteiger partial charge in [0.2, 0.25) is 0 Å². The number of halogens is 3. The number of carbonyl (C=O) groups is 2. The summed E-state index contributed by atoms with van der Waals surface area (Å²) in [5.74, 6) is -0.933. The average Bonchev–Trinajstić information content (AvgIpc) is 3.29. The number of ether oxygens (including phenoxy) is 1. The number of fused-ring (bicyclic) bond motifs is 2. The number of piperidine rings is 1. The van der Waals surface area contributed by atoms with E-state index in [0.717, 1.165) is 4.34 Å². The maximum absolute atomic E-state index is 9.55. The molecule has 3 heterocycles. The van der Waals surface area contributed by atoms with Gasteiger partial charge in [0, 0.05) is 40.9 Å². The number of carboxylic acid groups (broad SMARTS) is 2. The summed E-state index contributed by atoms with van der Waals surface area (Å²) in [6.45, 7) is 0.641. The Bertz CT molecular complexity index is 1010. The molecule has 2 N–H and O–H groups in total. The number of nitrogens with zero attached hydrogens (tertiary/aromatic N) is 1. The minimum atomic E-state index is -1.26. The summed E-state index contributed by atoms with van der Waals surface area (Å²) in [6, 6.07) is 10.9. The van der Waals surface area contributed by atoms with Crippen LogP contribution in [-0.4, -0.2) is 52.8 Å². The number of rotatable bonds is 6. The van der Waals surface area contributed by atoms with Crippen LogP contribution in [0, 0.1) is 5.92 Å². The molecule has 2 aromatic rings. The molecule has 0 radical (unpaired) electrons. The van der Waals surface area contributed by atoms with E-state index >= 15 is 0 Å². The summed E-state index contributed by atoms with van der Waals surface area (Å²) >= 11 is 20.3. The summed E-state index contributed by atoms with van der Waals surface area (Å²) in [4.78, 5) is 23.0. The Balaban J connectivity index is 0.000000331. The Morgan fingerprint density at radius 2 is 1.82 bits per heavy atom. The molecule has 4 atom stereocenters. The quantitative estimate of drug-likeness (QED) is 0.439. The predicted molar refractivity (Wildman–Crippen MR) is 131 cm³/mol. The smallest absolute Gasteiger partial charge is 0.328 e. The molecule has 0 amide bonds. The molecule has 2 fully saturated rings. The Morgan fingerprint density at radius 1 is 1.12 bits per heavy atom. The van der Waals surface area contributed by atoms with Gasteiger partial charge in [-0.3, -0.25) is 0 Å². The number of benzene rings is 1. The Labute approximate surface area is 211 Å². The lowest BCUT2D eigenvalue weighted by Crippen LogP contribution is -2.47. The molecule has 2 saturated heterocycles. The Kier molecular flexibility index (Phi) is 9.07. The first-order valence-electron chi connectivity index (χ1n) is 10.3. The first-order valence-corrected chi connectivity index (χ1v) is 12.3. The van der Waals surface area contributed by atoms with Crippen LogP contribution in [0.2, 0.25) is 14.4 Å². The number of aliphatic carboxylic acids is 2. The van der Waals surface area contributed by atoms with E-state index < -0.39 is 11.9 Å². The summed E-state index contributed by atoms with van der Waals surface area (Å²) < 4.78 is 7.00. The molecule has 0 saturated carbocycles. The molecular weight excluding hydrogens is 509 g/mol. The molecular formula is C23H24Cl3NO5S. The molecule has 10 heteroatoms. The Morgan fingerprint density at radius 3 is 2.42 bits per heavy atom. The molecule has 2 aliphatic rings. The van der Waals surface area contributed by atoms with Crippen molar-refractivity contribution in [3.05, 3.63) is 61.7 Å². The molecule has 0 spiro atoms. The zero-order valence-electron chi connectivity index (χ0n) is 17.8. The first kappa shape index (κ1) is 25.8. The zero-order chi connectivity index (χ0) is 24.1. The van der Waals surface area contributed by atoms with E-state index in [0.29, 0.717) is 58.5 Å². The molecule has 1 aromatic carbocycles. The van der Waals surface area contributed by atoms with E-state index in [1.807, 2.05) is 18.2 Å². The number of hydrogen-bond donors (Lipinski definition) is 2. The van der Waals surface area contributed by atoms with Crippen LogP contribution in [0.15, 0.2) is 42.5 Å². The van der Waals surface area contributed by atoms with Crippen molar-refractivity contribution in [2.24, 2.45) is 5.92 Å². The summed E-state index contributed by atoms with van der Waals surface area (Å²) in [6.07, 6.45) is 4.78. The first-order chi connectivity index (χ1) is 15.7. The van der Waals surface area contributed by atoms with Gasteiger partial charge < -0.3 is 19.8 Å². The largest absolute Gasteiger partial charge is 0.492 e. The van der Waals surface area contributed by atoms with Gasteiger partial charge in [-0.2, -0.15) is 0 Å². The molecule has 6 nitrogen and oxygen atoms in total. The van der Waals surface area contributed by atoms with Crippen LogP contribution < -0.4 is 4.74 Å². The van der Waals surface area contributed by atoms with Crippen molar-refractivity contribution in [1.29, 1.82) is 0 Å². The Hall–Kier alpha value is -1.77. The highest BCUT2D eigenvalue weighted by Crippen LogP contribution is 2.48. The zero-order valence-corrected chi connectivity index (χ0v) is 20.9. The summed E-state index contributed by atoms with van der Waals surface area (Å²) in [5, 5.41) is 16.6.